The summed E-state index contributed by atoms with van der Waals surface area (Å²) in [6.45, 7) is 4.02. The van der Waals surface area contributed by atoms with E-state index in [0.29, 0.717) is 5.56 Å². The van der Waals surface area contributed by atoms with Crippen LogP contribution in [-0.4, -0.2) is 28.9 Å². The van der Waals surface area contributed by atoms with Crippen LogP contribution in [0.2, 0.25) is 0 Å². The molecule has 1 aromatic heterocycles. The Balaban J connectivity index is 2.55. The SMILES string of the molecule is CCSC(=O)c1cc(CC(=O)OC)c2[nH]cc(CC)c2c1. The zero-order chi connectivity index (χ0) is 15.4. The Morgan fingerprint density at radius 1 is 1.24 bits per heavy atom. The lowest BCUT2D eigenvalue weighted by Gasteiger charge is -2.07. The minimum absolute atomic E-state index is 0.0359. The lowest BCUT2D eigenvalue weighted by molar-refractivity contribution is -0.139. The van der Waals surface area contributed by atoms with Gasteiger partial charge in [0.05, 0.1) is 13.5 Å². The monoisotopic (exact) mass is 305 g/mol. The molecule has 0 aliphatic heterocycles. The summed E-state index contributed by atoms with van der Waals surface area (Å²) in [4.78, 5) is 26.9. The lowest BCUT2D eigenvalue weighted by atomic mass is 10.0. The number of hydrogen-bond acceptors (Lipinski definition) is 4. The highest BCUT2D eigenvalue weighted by Gasteiger charge is 2.15. The molecule has 0 saturated carbocycles. The molecule has 0 amide bonds. The van der Waals surface area contributed by atoms with Gasteiger partial charge in [0, 0.05) is 22.7 Å². The first-order valence-corrected chi connectivity index (χ1v) is 7.96. The Morgan fingerprint density at radius 3 is 2.62 bits per heavy atom. The number of hydrogen-bond donors (Lipinski definition) is 1. The van der Waals surface area contributed by atoms with Crippen molar-refractivity contribution in [3.05, 3.63) is 35.0 Å². The number of carbonyl (C=O) groups is 2. The molecule has 0 radical (unpaired) electrons. The van der Waals surface area contributed by atoms with Crippen molar-refractivity contribution in [2.75, 3.05) is 12.9 Å². The molecule has 0 bridgehead atoms. The van der Waals surface area contributed by atoms with Crippen molar-refractivity contribution in [1.29, 1.82) is 0 Å². The Morgan fingerprint density at radius 2 is 2.00 bits per heavy atom. The van der Waals surface area contributed by atoms with Crippen molar-refractivity contribution in [3.8, 4) is 0 Å². The molecule has 0 unspecified atom stereocenters. The minimum Gasteiger partial charge on any atom is -0.469 e. The van der Waals surface area contributed by atoms with Gasteiger partial charge in [-0.3, -0.25) is 9.59 Å². The second kappa shape index (κ2) is 6.80. The van der Waals surface area contributed by atoms with Crippen LogP contribution in [0, 0.1) is 0 Å². The maximum Gasteiger partial charge on any atom is 0.310 e. The summed E-state index contributed by atoms with van der Waals surface area (Å²) in [6, 6.07) is 3.70. The molecule has 0 aliphatic rings. The summed E-state index contributed by atoms with van der Waals surface area (Å²) >= 11 is 1.28. The third-order valence-corrected chi connectivity index (χ3v) is 4.20. The normalized spacial score (nSPS) is 10.8. The molecule has 4 nitrogen and oxygen atoms in total. The van der Waals surface area contributed by atoms with Gasteiger partial charge in [-0.15, -0.1) is 0 Å². The number of fused-ring (bicyclic) bond motifs is 1. The second-order valence-electron chi connectivity index (χ2n) is 4.70. The predicted molar refractivity (Wildman–Crippen MR) is 85.9 cm³/mol. The zero-order valence-corrected chi connectivity index (χ0v) is 13.3. The number of aryl methyl sites for hydroxylation is 1. The van der Waals surface area contributed by atoms with Gasteiger partial charge in [-0.25, -0.2) is 0 Å². The van der Waals surface area contributed by atoms with Gasteiger partial charge in [0.2, 0.25) is 5.12 Å². The minimum atomic E-state index is -0.309. The number of benzene rings is 1. The summed E-state index contributed by atoms with van der Waals surface area (Å²) in [7, 11) is 1.37. The highest BCUT2D eigenvalue weighted by molar-refractivity contribution is 8.14. The molecular weight excluding hydrogens is 286 g/mol. The average Bonchev–Trinajstić information content (AvgIpc) is 2.90. The standard InChI is InChI=1S/C16H19NO3S/c1-4-10-9-17-15-11(8-14(18)20-3)6-12(7-13(10)15)16(19)21-5-2/h6-7,9,17H,4-5,8H2,1-3H3. The number of nitrogens with one attached hydrogen (secondary N) is 1. The maximum absolute atomic E-state index is 12.2. The van der Waals surface area contributed by atoms with Crippen LogP contribution in [0.4, 0.5) is 0 Å². The molecule has 0 fully saturated rings. The fourth-order valence-corrected chi connectivity index (χ4v) is 2.90. The molecule has 0 atom stereocenters. The fourth-order valence-electron chi connectivity index (χ4n) is 2.35. The van der Waals surface area contributed by atoms with Gasteiger partial charge >= 0.3 is 5.97 Å². The molecule has 1 aromatic carbocycles. The molecule has 21 heavy (non-hydrogen) atoms. The highest BCUT2D eigenvalue weighted by Crippen LogP contribution is 2.27. The van der Waals surface area contributed by atoms with Crippen LogP contribution in [0.5, 0.6) is 0 Å². The Hall–Kier alpha value is -1.75. The van der Waals surface area contributed by atoms with E-state index in [1.165, 1.54) is 18.9 Å². The van der Waals surface area contributed by atoms with Gasteiger partial charge in [-0.2, -0.15) is 0 Å². The topological polar surface area (TPSA) is 59.2 Å². The van der Waals surface area contributed by atoms with E-state index in [1.807, 2.05) is 19.2 Å². The van der Waals surface area contributed by atoms with Crippen LogP contribution < -0.4 is 0 Å². The van der Waals surface area contributed by atoms with Crippen LogP contribution >= 0.6 is 11.8 Å². The molecule has 0 aliphatic carbocycles. The van der Waals surface area contributed by atoms with Crippen molar-refractivity contribution >= 4 is 33.7 Å². The number of esters is 1. The molecule has 1 N–H and O–H groups in total. The second-order valence-corrected chi connectivity index (χ2v) is 5.94. The Kier molecular flexibility index (Phi) is 5.07. The average molecular weight is 305 g/mol. The summed E-state index contributed by atoms with van der Waals surface area (Å²) in [6.07, 6.45) is 2.97. The predicted octanol–water partition coefficient (Wildman–Crippen LogP) is 3.34. The molecule has 2 aromatic rings. The highest BCUT2D eigenvalue weighted by atomic mass is 32.2. The van der Waals surface area contributed by atoms with Gasteiger partial charge < -0.3 is 9.72 Å². The zero-order valence-electron chi connectivity index (χ0n) is 12.5. The van der Waals surface area contributed by atoms with Gasteiger partial charge in [0.1, 0.15) is 0 Å². The molecule has 0 saturated heterocycles. The van der Waals surface area contributed by atoms with E-state index in [1.54, 1.807) is 6.07 Å². The smallest absolute Gasteiger partial charge is 0.310 e. The first kappa shape index (κ1) is 15.6. The molecular formula is C16H19NO3S. The van der Waals surface area contributed by atoms with E-state index in [0.717, 1.165) is 34.2 Å². The largest absolute Gasteiger partial charge is 0.469 e. The molecule has 1 heterocycles. The van der Waals surface area contributed by atoms with Crippen molar-refractivity contribution in [1.82, 2.24) is 4.98 Å². The van der Waals surface area contributed by atoms with Crippen LogP contribution in [-0.2, 0) is 22.4 Å². The van der Waals surface area contributed by atoms with Gasteiger partial charge in [-0.1, -0.05) is 25.6 Å². The van der Waals surface area contributed by atoms with Crippen molar-refractivity contribution in [3.63, 3.8) is 0 Å². The number of rotatable bonds is 5. The van der Waals surface area contributed by atoms with Crippen molar-refractivity contribution < 1.29 is 14.3 Å². The van der Waals surface area contributed by atoms with Crippen LogP contribution in [0.25, 0.3) is 10.9 Å². The molecule has 0 spiro atoms. The summed E-state index contributed by atoms with van der Waals surface area (Å²) < 4.78 is 4.74. The van der Waals surface area contributed by atoms with Gasteiger partial charge in [0.15, 0.2) is 0 Å². The van der Waals surface area contributed by atoms with E-state index < -0.39 is 0 Å². The fraction of sp³-hybridized carbons (Fsp3) is 0.375. The quantitative estimate of drug-likeness (QED) is 0.861. The third-order valence-electron chi connectivity index (χ3n) is 3.41. The van der Waals surface area contributed by atoms with E-state index >= 15 is 0 Å². The molecule has 5 heteroatoms. The lowest BCUT2D eigenvalue weighted by Crippen LogP contribution is -2.06. The van der Waals surface area contributed by atoms with E-state index in [2.05, 4.69) is 11.9 Å². The first-order chi connectivity index (χ1) is 10.1. The van der Waals surface area contributed by atoms with Crippen LogP contribution in [0.1, 0.15) is 35.3 Å². The Labute approximate surface area is 128 Å². The summed E-state index contributed by atoms with van der Waals surface area (Å²) in [5.41, 5.74) is 3.50. The summed E-state index contributed by atoms with van der Waals surface area (Å²) in [5, 5.41) is 1.05. The number of methoxy groups -OCH3 is 1. The van der Waals surface area contributed by atoms with E-state index in [-0.39, 0.29) is 17.5 Å². The Bertz CT molecular complexity index is 675. The maximum atomic E-state index is 12.2. The number of aromatic nitrogens is 1. The van der Waals surface area contributed by atoms with Crippen molar-refractivity contribution in [2.45, 2.75) is 26.7 Å². The van der Waals surface area contributed by atoms with Gasteiger partial charge in [-0.05, 0) is 35.4 Å². The van der Waals surface area contributed by atoms with E-state index in [9.17, 15) is 9.59 Å². The number of carbonyl (C=O) groups excluding carboxylic acids is 2. The molecule has 2 rings (SSSR count). The van der Waals surface area contributed by atoms with Gasteiger partial charge in [0.25, 0.3) is 0 Å². The number of aromatic amines is 1. The molecule has 112 valence electrons. The van der Waals surface area contributed by atoms with Crippen molar-refractivity contribution in [2.24, 2.45) is 0 Å². The van der Waals surface area contributed by atoms with Crippen LogP contribution in [0.15, 0.2) is 18.3 Å². The number of H-pyrrole nitrogens is 1. The number of thioether (sulfide) groups is 1. The number of ether oxygens (including phenoxy) is 1. The summed E-state index contributed by atoms with van der Waals surface area (Å²) in [5.74, 6) is 0.424. The first-order valence-electron chi connectivity index (χ1n) is 6.97. The third kappa shape index (κ3) is 3.29. The van der Waals surface area contributed by atoms with Crippen LogP contribution in [0.3, 0.4) is 0 Å². The van der Waals surface area contributed by atoms with E-state index in [4.69, 9.17) is 4.74 Å².